The molecule has 18 nitrogen and oxygen atoms in total. The topological polar surface area (TPSA) is 317 Å². The first-order valence-electron chi connectivity index (χ1n) is 20.1. The summed E-state index contributed by atoms with van der Waals surface area (Å²) in [4.78, 5) is 13.9. The zero-order valence-electron chi connectivity index (χ0n) is 32.9. The lowest BCUT2D eigenvalue weighted by Crippen LogP contribution is -2.59. The molecule has 4 saturated carbocycles. The van der Waals surface area contributed by atoms with Gasteiger partial charge in [-0.05, 0) is 94.0 Å². The molecule has 1 heterocycles. The predicted molar refractivity (Wildman–Crippen MR) is 197 cm³/mol. The number of carbonyl (C=O) groups is 1. The van der Waals surface area contributed by atoms with Gasteiger partial charge in [-0.15, -0.1) is 0 Å². The molecule has 5 aliphatic rings. The standard InChI is InChI=1S/C39H66O18/c1-20-7-4-5-8-25-37(2,13-6-14-38(25,3)36(53)56-33(51)29(48)26(45)22(43)11-17-40)21-9-15-39(20,16-10-21)57-34(52)31(50)32(23(44)12-18-41)55-35-30(49)28(47)27(46)24(19-42)54-35/h21-30,33-35,40-52H,1,4-19H2,2-3H3/b32-31-/t21?,22?,23?,24?,25?,26?,27?,28?,29?,30?,33?,34?,35?,37-,38+,39?/m0/s1. The van der Waals surface area contributed by atoms with Crippen LogP contribution in [-0.2, 0) is 23.7 Å². The molecule has 4 aliphatic carbocycles. The van der Waals surface area contributed by atoms with Gasteiger partial charge in [-0.2, -0.15) is 0 Å². The summed E-state index contributed by atoms with van der Waals surface area (Å²) in [6, 6.07) is 0. The lowest BCUT2D eigenvalue weighted by Gasteiger charge is -2.56. The molecule has 18 heteroatoms. The van der Waals surface area contributed by atoms with Crippen molar-refractivity contribution in [1.82, 2.24) is 0 Å². The van der Waals surface area contributed by atoms with Gasteiger partial charge in [-0.3, -0.25) is 4.79 Å². The molecule has 1 saturated heterocycles. The summed E-state index contributed by atoms with van der Waals surface area (Å²) < 4.78 is 22.6. The lowest BCUT2D eigenvalue weighted by atomic mass is 9.48. The molecule has 0 aromatic rings. The minimum absolute atomic E-state index is 0.0428. The summed E-state index contributed by atoms with van der Waals surface area (Å²) in [7, 11) is 0. The van der Waals surface area contributed by atoms with Crippen LogP contribution in [0.1, 0.15) is 97.3 Å². The largest absolute Gasteiger partial charge is 0.505 e. The first kappa shape index (κ1) is 47.7. The molecule has 0 aromatic carbocycles. The van der Waals surface area contributed by atoms with Crippen molar-refractivity contribution in [3.05, 3.63) is 23.7 Å². The Morgan fingerprint density at radius 2 is 1.49 bits per heavy atom. The summed E-state index contributed by atoms with van der Waals surface area (Å²) in [5, 5.41) is 134. The number of fused-ring (bicyclic) bond motifs is 6. The van der Waals surface area contributed by atoms with Crippen LogP contribution >= 0.6 is 0 Å². The molecule has 5 rings (SSSR count). The van der Waals surface area contributed by atoms with Crippen LogP contribution in [0.15, 0.2) is 23.7 Å². The number of rotatable bonds is 16. The Labute approximate surface area is 332 Å². The van der Waals surface area contributed by atoms with E-state index in [1.165, 1.54) is 0 Å². The van der Waals surface area contributed by atoms with Gasteiger partial charge in [-0.1, -0.05) is 26.3 Å². The highest BCUT2D eigenvalue weighted by Crippen LogP contribution is 2.61. The highest BCUT2D eigenvalue weighted by atomic mass is 16.7. The molecular weight excluding hydrogens is 756 g/mol. The fourth-order valence-electron chi connectivity index (χ4n) is 9.76. The molecule has 5 fully saturated rings. The zero-order chi connectivity index (χ0) is 42.5. The second-order valence-electron chi connectivity index (χ2n) is 16.9. The maximum Gasteiger partial charge on any atom is 0.314 e. The molecule has 0 amide bonds. The molecule has 2 bridgehead atoms. The minimum atomic E-state index is -2.13. The van der Waals surface area contributed by atoms with Crippen molar-refractivity contribution >= 4 is 5.97 Å². The third kappa shape index (κ3) is 10.1. The van der Waals surface area contributed by atoms with Crippen LogP contribution in [0.5, 0.6) is 0 Å². The van der Waals surface area contributed by atoms with Crippen LogP contribution in [0.3, 0.4) is 0 Å². The summed E-state index contributed by atoms with van der Waals surface area (Å²) in [6.07, 6.45) is -14.7. The molecule has 0 radical (unpaired) electrons. The Morgan fingerprint density at radius 1 is 0.842 bits per heavy atom. The van der Waals surface area contributed by atoms with E-state index in [0.29, 0.717) is 69.8 Å². The average molecular weight is 823 g/mol. The van der Waals surface area contributed by atoms with E-state index < -0.39 is 121 Å². The maximum absolute atomic E-state index is 13.9. The normalized spacial score (nSPS) is 38.7. The van der Waals surface area contributed by atoms with E-state index in [2.05, 4.69) is 13.5 Å². The number of hydrogen-bond donors (Lipinski definition) is 13. The van der Waals surface area contributed by atoms with Gasteiger partial charge >= 0.3 is 5.97 Å². The van der Waals surface area contributed by atoms with E-state index in [1.807, 2.05) is 0 Å². The molecular formula is C39H66O18. The number of carbonyl (C=O) groups excluding carboxylic acids is 1. The first-order valence-corrected chi connectivity index (χ1v) is 20.1. The van der Waals surface area contributed by atoms with Crippen LogP contribution in [0, 0.1) is 22.7 Å². The van der Waals surface area contributed by atoms with Gasteiger partial charge in [0.1, 0.15) is 42.7 Å². The molecule has 57 heavy (non-hydrogen) atoms. The van der Waals surface area contributed by atoms with Crippen LogP contribution in [0.4, 0.5) is 0 Å². The lowest BCUT2D eigenvalue weighted by molar-refractivity contribution is -0.295. The number of aliphatic hydroxyl groups excluding tert-OH is 13. The van der Waals surface area contributed by atoms with Gasteiger partial charge in [0, 0.05) is 19.6 Å². The maximum atomic E-state index is 13.9. The third-order valence-corrected chi connectivity index (χ3v) is 13.3. The van der Waals surface area contributed by atoms with Crippen LogP contribution in [0.25, 0.3) is 0 Å². The van der Waals surface area contributed by atoms with E-state index in [9.17, 15) is 66.1 Å². The van der Waals surface area contributed by atoms with Crippen LogP contribution in [-0.4, -0.2) is 165 Å². The van der Waals surface area contributed by atoms with Crippen molar-refractivity contribution in [2.45, 2.75) is 171 Å². The molecule has 13 N–H and O–H groups in total. The first-order chi connectivity index (χ1) is 26.8. The smallest absolute Gasteiger partial charge is 0.314 e. The van der Waals surface area contributed by atoms with E-state index in [1.54, 1.807) is 6.92 Å². The number of aliphatic hydroxyl groups is 13. The molecule has 0 spiro atoms. The second-order valence-corrected chi connectivity index (χ2v) is 16.9. The fraction of sp³-hybridized carbons (Fsp3) is 0.872. The van der Waals surface area contributed by atoms with Gasteiger partial charge in [0.15, 0.2) is 11.5 Å². The van der Waals surface area contributed by atoms with E-state index >= 15 is 0 Å². The number of ether oxygens (including phenoxy) is 4. The highest BCUT2D eigenvalue weighted by molar-refractivity contribution is 5.77. The number of hydrogen-bond acceptors (Lipinski definition) is 18. The monoisotopic (exact) mass is 822 g/mol. The van der Waals surface area contributed by atoms with Crippen molar-refractivity contribution in [3.8, 4) is 0 Å². The Morgan fingerprint density at radius 3 is 2.11 bits per heavy atom. The Kier molecular flexibility index (Phi) is 16.8. The summed E-state index contributed by atoms with van der Waals surface area (Å²) >= 11 is 0. The third-order valence-electron chi connectivity index (χ3n) is 13.3. The summed E-state index contributed by atoms with van der Waals surface area (Å²) in [5.41, 5.74) is -2.00. The Balaban J connectivity index is 1.56. The summed E-state index contributed by atoms with van der Waals surface area (Å²) in [5.74, 6) is -2.65. The van der Waals surface area contributed by atoms with Gasteiger partial charge < -0.3 is 85.3 Å². The Hall–Kier alpha value is -2.01. The van der Waals surface area contributed by atoms with Crippen molar-refractivity contribution in [2.75, 3.05) is 19.8 Å². The van der Waals surface area contributed by atoms with Crippen molar-refractivity contribution in [2.24, 2.45) is 22.7 Å². The van der Waals surface area contributed by atoms with Crippen molar-refractivity contribution < 1.29 is 90.1 Å². The molecule has 14 atom stereocenters. The van der Waals surface area contributed by atoms with Gasteiger partial charge in [-0.25, -0.2) is 0 Å². The molecule has 330 valence electrons. The molecule has 1 aliphatic heterocycles. The highest BCUT2D eigenvalue weighted by Gasteiger charge is 2.58. The van der Waals surface area contributed by atoms with E-state index in [0.717, 1.165) is 6.42 Å². The quantitative estimate of drug-likeness (QED) is 0.0378. The van der Waals surface area contributed by atoms with Gasteiger partial charge in [0.2, 0.25) is 18.9 Å². The zero-order valence-corrected chi connectivity index (χ0v) is 32.9. The average Bonchev–Trinajstić information content (AvgIpc) is 3.21. The van der Waals surface area contributed by atoms with Gasteiger partial charge in [0.25, 0.3) is 0 Å². The predicted octanol–water partition coefficient (Wildman–Crippen LogP) is -1.15. The van der Waals surface area contributed by atoms with Gasteiger partial charge in [0.05, 0.1) is 23.7 Å². The van der Waals surface area contributed by atoms with E-state index in [-0.39, 0.29) is 24.7 Å². The van der Waals surface area contributed by atoms with Crippen LogP contribution in [0.2, 0.25) is 0 Å². The van der Waals surface area contributed by atoms with Crippen molar-refractivity contribution in [3.63, 3.8) is 0 Å². The van der Waals surface area contributed by atoms with Crippen LogP contribution < -0.4 is 0 Å². The molecule has 12 unspecified atom stereocenters. The molecule has 0 aromatic heterocycles. The van der Waals surface area contributed by atoms with E-state index in [4.69, 9.17) is 24.1 Å². The minimum Gasteiger partial charge on any atom is -0.505 e. The Bertz CT molecular complexity index is 1350. The second kappa shape index (κ2) is 20.0. The van der Waals surface area contributed by atoms with Crippen molar-refractivity contribution in [1.29, 1.82) is 0 Å². The number of esters is 1. The summed E-state index contributed by atoms with van der Waals surface area (Å²) in [6.45, 7) is 6.44. The fourth-order valence-corrected chi connectivity index (χ4v) is 9.76. The SMILES string of the molecule is C=C1CCCCC2[C@@](C)(CCC[C@@]2(C)C(=O)OC(O)C(O)C(O)C(O)CCO)C2CCC1(OC(O)/C(O)=C(/OC1OC(CO)C(O)C(O)C1O)C(O)CCO)CC2.